The van der Waals surface area contributed by atoms with Crippen LogP contribution in [-0.4, -0.2) is 34.6 Å². The van der Waals surface area contributed by atoms with Gasteiger partial charge in [0.05, 0.1) is 22.5 Å². The van der Waals surface area contributed by atoms with E-state index in [0.29, 0.717) is 28.6 Å². The molecule has 2 aliphatic rings. The van der Waals surface area contributed by atoms with Crippen molar-refractivity contribution in [2.24, 2.45) is 0 Å². The highest BCUT2D eigenvalue weighted by molar-refractivity contribution is 6.42. The van der Waals surface area contributed by atoms with Gasteiger partial charge in [-0.1, -0.05) is 53.5 Å². The molecule has 2 atom stereocenters. The summed E-state index contributed by atoms with van der Waals surface area (Å²) < 4.78 is 0. The molecule has 1 fully saturated rings. The van der Waals surface area contributed by atoms with Crippen LogP contribution in [0.4, 0.5) is 0 Å². The molecular weight excluding hydrogens is 441 g/mol. The predicted molar refractivity (Wildman–Crippen MR) is 114 cm³/mol. The van der Waals surface area contributed by atoms with Gasteiger partial charge in [-0.2, -0.15) is 0 Å². The standard InChI is InChI=1S/C22H19Cl2N3O4/c23-15-6-5-12(9-16(15)24)10-19(29)26-22(31)20-14-4-2-1-3-13(14)11-27(20)17-7-8-18(28)25-21(17)30/h1-6,9,17,20H,7-8,10-11H2,(H,25,28,30)(H,26,29,31). The molecule has 2 unspecified atom stereocenters. The van der Waals surface area contributed by atoms with Gasteiger partial charge < -0.3 is 0 Å². The first kappa shape index (κ1) is 21.5. The lowest BCUT2D eigenvalue weighted by molar-refractivity contribution is -0.140. The van der Waals surface area contributed by atoms with E-state index in [4.69, 9.17) is 23.2 Å². The molecule has 7 nitrogen and oxygen atoms in total. The van der Waals surface area contributed by atoms with Crippen molar-refractivity contribution in [2.75, 3.05) is 0 Å². The highest BCUT2D eigenvalue weighted by Gasteiger charge is 2.43. The average Bonchev–Trinajstić information content (AvgIpc) is 3.10. The van der Waals surface area contributed by atoms with E-state index in [1.165, 1.54) is 0 Å². The normalized spacial score (nSPS) is 20.8. The van der Waals surface area contributed by atoms with Gasteiger partial charge in [-0.3, -0.25) is 34.7 Å². The lowest BCUT2D eigenvalue weighted by Crippen LogP contribution is -2.54. The summed E-state index contributed by atoms with van der Waals surface area (Å²) in [7, 11) is 0. The molecule has 0 radical (unpaired) electrons. The molecular formula is C22H19Cl2N3O4. The summed E-state index contributed by atoms with van der Waals surface area (Å²) in [6.07, 6.45) is 0.475. The first-order valence-electron chi connectivity index (χ1n) is 9.78. The first-order valence-corrected chi connectivity index (χ1v) is 10.5. The highest BCUT2D eigenvalue weighted by Crippen LogP contribution is 2.37. The zero-order chi connectivity index (χ0) is 22.1. The molecule has 0 saturated carbocycles. The van der Waals surface area contributed by atoms with E-state index in [9.17, 15) is 19.2 Å². The van der Waals surface area contributed by atoms with Gasteiger partial charge in [0, 0.05) is 13.0 Å². The van der Waals surface area contributed by atoms with Gasteiger partial charge in [0.25, 0.3) is 0 Å². The Morgan fingerprint density at radius 3 is 2.61 bits per heavy atom. The zero-order valence-electron chi connectivity index (χ0n) is 16.4. The van der Waals surface area contributed by atoms with E-state index in [0.717, 1.165) is 11.1 Å². The van der Waals surface area contributed by atoms with Crippen LogP contribution in [0.1, 0.15) is 35.6 Å². The van der Waals surface area contributed by atoms with Crippen LogP contribution in [0.2, 0.25) is 10.0 Å². The second-order valence-corrected chi connectivity index (χ2v) is 8.39. The maximum atomic E-state index is 13.1. The minimum absolute atomic E-state index is 0.0462. The van der Waals surface area contributed by atoms with Gasteiger partial charge in [0.15, 0.2) is 0 Å². The second kappa shape index (κ2) is 8.78. The van der Waals surface area contributed by atoms with Crippen LogP contribution in [0.15, 0.2) is 42.5 Å². The lowest BCUT2D eigenvalue weighted by atomic mass is 10.0. The smallest absolute Gasteiger partial charge is 0.248 e. The second-order valence-electron chi connectivity index (χ2n) is 7.58. The van der Waals surface area contributed by atoms with Crippen LogP contribution in [-0.2, 0) is 32.1 Å². The van der Waals surface area contributed by atoms with Crippen LogP contribution < -0.4 is 10.6 Å². The third-order valence-electron chi connectivity index (χ3n) is 5.50. The molecule has 2 aromatic carbocycles. The Labute approximate surface area is 188 Å². The fourth-order valence-electron chi connectivity index (χ4n) is 4.08. The molecule has 4 amide bonds. The number of rotatable bonds is 4. The fraction of sp³-hybridized carbons (Fsp3) is 0.273. The van der Waals surface area contributed by atoms with Crippen molar-refractivity contribution >= 4 is 46.8 Å². The van der Waals surface area contributed by atoms with Crippen LogP contribution in [0.25, 0.3) is 0 Å². The van der Waals surface area contributed by atoms with E-state index in [1.807, 2.05) is 24.3 Å². The fourth-order valence-corrected chi connectivity index (χ4v) is 4.40. The van der Waals surface area contributed by atoms with Crippen LogP contribution >= 0.6 is 23.2 Å². The van der Waals surface area contributed by atoms with E-state index < -0.39 is 29.8 Å². The topological polar surface area (TPSA) is 95.6 Å². The largest absolute Gasteiger partial charge is 0.295 e. The van der Waals surface area contributed by atoms with Gasteiger partial charge in [0.2, 0.25) is 23.6 Å². The number of carbonyl (C=O) groups is 4. The quantitative estimate of drug-likeness (QED) is 0.684. The molecule has 0 aliphatic carbocycles. The molecule has 2 aromatic rings. The number of fused-ring (bicyclic) bond motifs is 1. The van der Waals surface area contributed by atoms with Crippen molar-refractivity contribution in [1.29, 1.82) is 0 Å². The molecule has 2 N–H and O–H groups in total. The van der Waals surface area contributed by atoms with Gasteiger partial charge in [-0.15, -0.1) is 0 Å². The Kier molecular flexibility index (Phi) is 6.09. The van der Waals surface area contributed by atoms with Crippen LogP contribution in [0.5, 0.6) is 0 Å². The predicted octanol–water partition coefficient (Wildman–Crippen LogP) is 2.54. The number of hydrogen-bond acceptors (Lipinski definition) is 5. The minimum Gasteiger partial charge on any atom is -0.295 e. The Morgan fingerprint density at radius 1 is 1.10 bits per heavy atom. The molecule has 31 heavy (non-hydrogen) atoms. The van der Waals surface area contributed by atoms with Crippen molar-refractivity contribution in [3.05, 3.63) is 69.2 Å². The Balaban J connectivity index is 1.53. The third-order valence-corrected chi connectivity index (χ3v) is 6.24. The van der Waals surface area contributed by atoms with Gasteiger partial charge >= 0.3 is 0 Å². The van der Waals surface area contributed by atoms with E-state index in [1.54, 1.807) is 23.1 Å². The van der Waals surface area contributed by atoms with E-state index in [-0.39, 0.29) is 18.7 Å². The monoisotopic (exact) mass is 459 g/mol. The maximum Gasteiger partial charge on any atom is 0.248 e. The third kappa shape index (κ3) is 4.49. The molecule has 160 valence electrons. The van der Waals surface area contributed by atoms with Crippen molar-refractivity contribution in [3.8, 4) is 0 Å². The molecule has 0 spiro atoms. The van der Waals surface area contributed by atoms with E-state index >= 15 is 0 Å². The molecule has 1 saturated heterocycles. The van der Waals surface area contributed by atoms with E-state index in [2.05, 4.69) is 10.6 Å². The highest BCUT2D eigenvalue weighted by atomic mass is 35.5. The van der Waals surface area contributed by atoms with Crippen molar-refractivity contribution in [2.45, 2.75) is 37.9 Å². The number of piperidine rings is 1. The summed E-state index contributed by atoms with van der Waals surface area (Å²) >= 11 is 11.9. The summed E-state index contributed by atoms with van der Waals surface area (Å²) in [6.45, 7) is 0.377. The summed E-state index contributed by atoms with van der Waals surface area (Å²) in [6, 6.07) is 10.8. The number of benzene rings is 2. The molecule has 0 aromatic heterocycles. The van der Waals surface area contributed by atoms with Gasteiger partial charge in [0.1, 0.15) is 6.04 Å². The minimum atomic E-state index is -0.807. The van der Waals surface area contributed by atoms with Gasteiger partial charge in [-0.05, 0) is 35.2 Å². The number of imide groups is 2. The SMILES string of the molecule is O=C1CCC(N2Cc3ccccc3C2C(=O)NC(=O)Cc2ccc(Cl)c(Cl)c2)C(=O)N1. The lowest BCUT2D eigenvalue weighted by Gasteiger charge is -2.33. The molecule has 0 bridgehead atoms. The Morgan fingerprint density at radius 2 is 1.87 bits per heavy atom. The summed E-state index contributed by atoms with van der Waals surface area (Å²) in [5.74, 6) is -1.75. The average molecular weight is 460 g/mol. The number of halogens is 2. The van der Waals surface area contributed by atoms with Crippen LogP contribution in [0, 0.1) is 0 Å². The Bertz CT molecular complexity index is 1090. The van der Waals surface area contributed by atoms with Gasteiger partial charge in [-0.25, -0.2) is 0 Å². The van der Waals surface area contributed by atoms with Crippen molar-refractivity contribution in [3.63, 3.8) is 0 Å². The maximum absolute atomic E-state index is 13.1. The van der Waals surface area contributed by atoms with Crippen molar-refractivity contribution < 1.29 is 19.2 Å². The first-order chi connectivity index (χ1) is 14.8. The number of nitrogens with zero attached hydrogens (tertiary/aromatic N) is 1. The number of hydrogen-bond donors (Lipinski definition) is 2. The number of amides is 4. The number of carbonyl (C=O) groups excluding carboxylic acids is 4. The molecule has 9 heteroatoms. The molecule has 2 aliphatic heterocycles. The van der Waals surface area contributed by atoms with Crippen molar-refractivity contribution in [1.82, 2.24) is 15.5 Å². The zero-order valence-corrected chi connectivity index (χ0v) is 17.9. The molecule has 4 rings (SSSR count). The number of nitrogens with one attached hydrogen (secondary N) is 2. The summed E-state index contributed by atoms with van der Waals surface area (Å²) in [5, 5.41) is 5.48. The van der Waals surface area contributed by atoms with Crippen LogP contribution in [0.3, 0.4) is 0 Å². The summed E-state index contributed by atoms with van der Waals surface area (Å²) in [5.41, 5.74) is 2.27. The summed E-state index contributed by atoms with van der Waals surface area (Å²) in [4.78, 5) is 51.4. The molecule has 2 heterocycles. The Hall–Kier alpha value is -2.74.